The van der Waals surface area contributed by atoms with Crippen LogP contribution in [0.25, 0.3) is 22.7 Å². The number of anilines is 1. The van der Waals surface area contributed by atoms with Gasteiger partial charge < -0.3 is 4.90 Å². The predicted octanol–water partition coefficient (Wildman–Crippen LogP) is 2.40. The summed E-state index contributed by atoms with van der Waals surface area (Å²) in [4.78, 5) is 24.3. The maximum Gasteiger partial charge on any atom is 0.279 e. The van der Waals surface area contributed by atoms with Gasteiger partial charge in [0.2, 0.25) is 10.0 Å². The van der Waals surface area contributed by atoms with Gasteiger partial charge in [0.25, 0.3) is 5.91 Å². The highest BCUT2D eigenvalue weighted by Gasteiger charge is 2.33. The Morgan fingerprint density at radius 2 is 1.84 bits per heavy atom. The third-order valence-corrected chi connectivity index (χ3v) is 7.81. The highest BCUT2D eigenvalue weighted by atomic mass is 32.2. The van der Waals surface area contributed by atoms with E-state index in [9.17, 15) is 13.2 Å². The van der Waals surface area contributed by atoms with Crippen molar-refractivity contribution in [3.63, 3.8) is 0 Å². The lowest BCUT2D eigenvalue weighted by Gasteiger charge is -2.26. The number of benzene rings is 1. The number of rotatable bonds is 5. The van der Waals surface area contributed by atoms with Crippen molar-refractivity contribution in [3.05, 3.63) is 84.1 Å². The van der Waals surface area contributed by atoms with Gasteiger partial charge in [0.05, 0.1) is 10.6 Å². The summed E-state index contributed by atoms with van der Waals surface area (Å²) in [6.07, 6.45) is 3.90. The first kappa shape index (κ1) is 23.0. The number of nitrogens with zero attached hydrogens (tertiary/aromatic N) is 7. The van der Waals surface area contributed by atoms with Crippen LogP contribution in [-0.4, -0.2) is 57.3 Å². The molecule has 4 aromatic heterocycles. The lowest BCUT2D eigenvalue weighted by atomic mass is 9.99. The number of aryl methyl sites for hydroxylation is 1. The van der Waals surface area contributed by atoms with Crippen molar-refractivity contribution in [2.24, 2.45) is 0 Å². The van der Waals surface area contributed by atoms with Crippen LogP contribution in [0.15, 0.2) is 72.0 Å². The number of pyridine rings is 2. The van der Waals surface area contributed by atoms with Crippen LogP contribution in [0, 0.1) is 6.92 Å². The van der Waals surface area contributed by atoms with E-state index in [4.69, 9.17) is 5.10 Å². The van der Waals surface area contributed by atoms with Gasteiger partial charge in [-0.3, -0.25) is 4.79 Å². The Morgan fingerprint density at radius 1 is 1.03 bits per heavy atom. The molecule has 37 heavy (non-hydrogen) atoms. The molecule has 0 radical (unpaired) electrons. The molecule has 0 saturated carbocycles. The molecule has 1 N–H and O–H groups in total. The molecule has 0 spiro atoms. The summed E-state index contributed by atoms with van der Waals surface area (Å²) in [6.45, 7) is 2.31. The average molecular weight is 515 g/mol. The second-order valence-electron chi connectivity index (χ2n) is 8.61. The van der Waals surface area contributed by atoms with Crippen LogP contribution in [0.3, 0.4) is 0 Å². The minimum absolute atomic E-state index is 0.129. The molecule has 5 heterocycles. The number of hydrogen-bond acceptors (Lipinski definition) is 7. The van der Waals surface area contributed by atoms with Gasteiger partial charge in [-0.2, -0.15) is 10.2 Å². The third-order valence-electron chi connectivity index (χ3n) is 6.38. The lowest BCUT2D eigenvalue weighted by molar-refractivity contribution is 0.0975. The van der Waals surface area contributed by atoms with Gasteiger partial charge >= 0.3 is 0 Å². The van der Waals surface area contributed by atoms with E-state index in [1.807, 2.05) is 43.5 Å². The van der Waals surface area contributed by atoms with Crippen molar-refractivity contribution in [1.82, 2.24) is 34.1 Å². The topological polar surface area (TPSA) is 127 Å². The number of sulfonamides is 1. The number of carbonyl (C=O) groups is 1. The second-order valence-corrected chi connectivity index (χ2v) is 10.5. The normalized spacial score (nSPS) is 13.8. The Hall–Kier alpha value is -4.42. The summed E-state index contributed by atoms with van der Waals surface area (Å²) in [5.41, 5.74) is 4.89. The van der Waals surface area contributed by atoms with Crippen LogP contribution >= 0.6 is 0 Å². The molecular weight excluding hydrogens is 492 g/mol. The molecule has 12 heteroatoms. The first-order valence-electron chi connectivity index (χ1n) is 11.6. The van der Waals surface area contributed by atoms with Crippen LogP contribution in [0.5, 0.6) is 0 Å². The average Bonchev–Trinajstić information content (AvgIpc) is 3.54. The lowest BCUT2D eigenvalue weighted by Crippen LogP contribution is -2.37. The molecule has 1 aliphatic heterocycles. The fourth-order valence-electron chi connectivity index (χ4n) is 4.55. The summed E-state index contributed by atoms with van der Waals surface area (Å²) < 4.78 is 29.9. The molecule has 0 fully saturated rings. The third kappa shape index (κ3) is 3.86. The van der Waals surface area contributed by atoms with Crippen molar-refractivity contribution < 1.29 is 13.2 Å². The summed E-state index contributed by atoms with van der Waals surface area (Å²) in [6, 6.07) is 15.7. The fourth-order valence-corrected chi connectivity index (χ4v) is 5.28. The first-order valence-corrected chi connectivity index (χ1v) is 13.1. The Bertz CT molecular complexity index is 1770. The van der Waals surface area contributed by atoms with Gasteiger partial charge in [-0.1, -0.05) is 6.07 Å². The van der Waals surface area contributed by atoms with Gasteiger partial charge in [-0.25, -0.2) is 32.3 Å². The predicted molar refractivity (Wildman–Crippen MR) is 136 cm³/mol. The van der Waals surface area contributed by atoms with E-state index >= 15 is 0 Å². The SMILES string of the molecule is CNS(=O)(=O)c1ccc(N2CCc3c(nn(-c4cccc(C)n4)c3-c3ccc4ncnn4c3)C2=O)cc1. The highest BCUT2D eigenvalue weighted by Crippen LogP contribution is 2.34. The van der Waals surface area contributed by atoms with Crippen molar-refractivity contribution in [2.75, 3.05) is 18.5 Å². The minimum Gasteiger partial charge on any atom is -0.307 e. The molecule has 0 bridgehead atoms. The smallest absolute Gasteiger partial charge is 0.279 e. The second kappa shape index (κ2) is 8.61. The standard InChI is InChI=1S/C25H22N8O3S/c1-16-4-3-5-22(29-16)33-24(17-6-11-21-27-15-28-32(21)14-17)20-12-13-31(25(34)23(20)30-33)18-7-9-19(10-8-18)37(35,36)26-2/h3-11,14-15,26H,12-13H2,1-2H3. The van der Waals surface area contributed by atoms with E-state index in [0.29, 0.717) is 35.8 Å². The first-order chi connectivity index (χ1) is 17.9. The Labute approximate surface area is 212 Å². The summed E-state index contributed by atoms with van der Waals surface area (Å²) >= 11 is 0. The zero-order chi connectivity index (χ0) is 25.7. The van der Waals surface area contributed by atoms with Crippen LogP contribution < -0.4 is 9.62 Å². The fraction of sp³-hybridized carbons (Fsp3) is 0.160. The Balaban J connectivity index is 1.46. The molecule has 0 saturated heterocycles. The zero-order valence-electron chi connectivity index (χ0n) is 20.0. The van der Waals surface area contributed by atoms with Crippen LogP contribution in [0.4, 0.5) is 5.69 Å². The molecule has 5 aromatic rings. The maximum absolute atomic E-state index is 13.7. The van der Waals surface area contributed by atoms with Crippen molar-refractivity contribution >= 4 is 27.3 Å². The quantitative estimate of drug-likeness (QED) is 0.381. The number of amides is 1. The molecule has 0 atom stereocenters. The zero-order valence-corrected chi connectivity index (χ0v) is 20.8. The number of carbonyl (C=O) groups excluding carboxylic acids is 1. The highest BCUT2D eigenvalue weighted by molar-refractivity contribution is 7.89. The van der Waals surface area contributed by atoms with E-state index in [0.717, 1.165) is 22.5 Å². The largest absolute Gasteiger partial charge is 0.307 e. The van der Waals surface area contributed by atoms with Crippen LogP contribution in [-0.2, 0) is 16.4 Å². The molecule has 1 amide bonds. The number of aromatic nitrogens is 6. The molecule has 1 aliphatic rings. The molecular formula is C25H22N8O3S. The number of hydrogen-bond donors (Lipinski definition) is 1. The van der Waals surface area contributed by atoms with Gasteiger partial charge in [0, 0.05) is 35.2 Å². The summed E-state index contributed by atoms with van der Waals surface area (Å²) in [7, 11) is -2.22. The minimum atomic E-state index is -3.57. The summed E-state index contributed by atoms with van der Waals surface area (Å²) in [5.74, 6) is 0.337. The van der Waals surface area contributed by atoms with Gasteiger partial charge in [0.1, 0.15) is 6.33 Å². The molecule has 11 nitrogen and oxygen atoms in total. The number of fused-ring (bicyclic) bond motifs is 2. The maximum atomic E-state index is 13.7. The van der Waals surface area contributed by atoms with Crippen molar-refractivity contribution in [2.45, 2.75) is 18.2 Å². The molecule has 6 rings (SSSR count). The van der Waals surface area contributed by atoms with E-state index < -0.39 is 10.0 Å². The monoisotopic (exact) mass is 514 g/mol. The molecule has 1 aromatic carbocycles. The summed E-state index contributed by atoms with van der Waals surface area (Å²) in [5, 5.41) is 9.00. The number of nitrogens with one attached hydrogen (secondary N) is 1. The van der Waals surface area contributed by atoms with Crippen molar-refractivity contribution in [1.29, 1.82) is 0 Å². The Morgan fingerprint density at radius 3 is 2.59 bits per heavy atom. The Kier molecular flexibility index (Phi) is 5.35. The van der Waals surface area contributed by atoms with Gasteiger partial charge in [0.15, 0.2) is 17.2 Å². The van der Waals surface area contributed by atoms with E-state index in [1.165, 1.54) is 25.5 Å². The molecule has 186 valence electrons. The van der Waals surface area contributed by atoms with Crippen molar-refractivity contribution in [3.8, 4) is 17.1 Å². The molecule has 0 aliphatic carbocycles. The van der Waals surface area contributed by atoms with Gasteiger partial charge in [-0.15, -0.1) is 0 Å². The van der Waals surface area contributed by atoms with E-state index in [2.05, 4.69) is 19.8 Å². The van der Waals surface area contributed by atoms with E-state index in [-0.39, 0.29) is 10.8 Å². The van der Waals surface area contributed by atoms with E-state index in [1.54, 1.807) is 26.2 Å². The molecule has 0 unspecified atom stereocenters. The van der Waals surface area contributed by atoms with Crippen LogP contribution in [0.2, 0.25) is 0 Å². The van der Waals surface area contributed by atoms with Gasteiger partial charge in [-0.05, 0) is 68.9 Å². The van der Waals surface area contributed by atoms with Crippen LogP contribution in [0.1, 0.15) is 21.7 Å².